The molecule has 0 aliphatic rings. The molecule has 1 atom stereocenters. The van der Waals surface area contributed by atoms with Crippen molar-refractivity contribution in [2.24, 2.45) is 0 Å². The number of hydrogen-bond acceptors (Lipinski definition) is 4. The van der Waals surface area contributed by atoms with Crippen molar-refractivity contribution in [2.75, 3.05) is 18.5 Å². The van der Waals surface area contributed by atoms with Crippen LogP contribution in [0.1, 0.15) is 22.3 Å². The molecule has 4 heteroatoms. The van der Waals surface area contributed by atoms with Gasteiger partial charge in [0.15, 0.2) is 5.78 Å². The minimum absolute atomic E-state index is 0.0383. The second kappa shape index (κ2) is 10.3. The zero-order chi connectivity index (χ0) is 19.6. The van der Waals surface area contributed by atoms with Crippen LogP contribution in [0.3, 0.4) is 0 Å². The molecule has 0 heterocycles. The number of rotatable bonds is 10. The summed E-state index contributed by atoms with van der Waals surface area (Å²) in [5.74, 6) is 0.552. The second-order valence-electron chi connectivity index (χ2n) is 6.62. The van der Waals surface area contributed by atoms with Crippen LogP contribution in [0.4, 0.5) is 5.69 Å². The van der Waals surface area contributed by atoms with Crippen molar-refractivity contribution >= 4 is 11.5 Å². The summed E-state index contributed by atoms with van der Waals surface area (Å²) in [4.78, 5) is 12.6. The molecule has 4 nitrogen and oxygen atoms in total. The summed E-state index contributed by atoms with van der Waals surface area (Å²) in [5.41, 5.74) is 2.64. The molecule has 0 bridgehead atoms. The second-order valence-corrected chi connectivity index (χ2v) is 6.62. The summed E-state index contributed by atoms with van der Waals surface area (Å²) in [7, 11) is 0. The van der Waals surface area contributed by atoms with Gasteiger partial charge in [0.25, 0.3) is 0 Å². The maximum Gasteiger partial charge on any atom is 0.166 e. The number of ether oxygens (including phenoxy) is 1. The number of anilines is 1. The first-order valence-corrected chi connectivity index (χ1v) is 9.48. The third kappa shape index (κ3) is 5.96. The van der Waals surface area contributed by atoms with E-state index >= 15 is 0 Å². The number of aliphatic hydroxyl groups excluding tert-OH is 1. The summed E-state index contributed by atoms with van der Waals surface area (Å²) in [6.45, 7) is 0.483. The van der Waals surface area contributed by atoms with Crippen molar-refractivity contribution in [3.05, 3.63) is 96.1 Å². The lowest BCUT2D eigenvalue weighted by atomic mass is 10.0. The summed E-state index contributed by atoms with van der Waals surface area (Å²) >= 11 is 0. The number of ketones is 1. The Morgan fingerprint density at radius 3 is 2.29 bits per heavy atom. The minimum atomic E-state index is -0.687. The van der Waals surface area contributed by atoms with Crippen LogP contribution in [0, 0.1) is 0 Å². The highest BCUT2D eigenvalue weighted by Gasteiger charge is 2.14. The Kier molecular flexibility index (Phi) is 7.21. The average Bonchev–Trinajstić information content (AvgIpc) is 2.76. The van der Waals surface area contributed by atoms with Gasteiger partial charge in [-0.15, -0.1) is 0 Å². The Bertz CT molecular complexity index is 865. The lowest BCUT2D eigenvalue weighted by molar-refractivity contribution is 0.0963. The predicted octanol–water partition coefficient (Wildman–Crippen LogP) is 4.35. The van der Waals surface area contributed by atoms with Crippen molar-refractivity contribution in [1.82, 2.24) is 0 Å². The fourth-order valence-electron chi connectivity index (χ4n) is 2.90. The lowest BCUT2D eigenvalue weighted by Gasteiger charge is -2.16. The number of carbonyl (C=O) groups excluding carboxylic acids is 1. The average molecular weight is 375 g/mol. The van der Waals surface area contributed by atoms with Gasteiger partial charge in [-0.1, -0.05) is 60.7 Å². The molecule has 28 heavy (non-hydrogen) atoms. The van der Waals surface area contributed by atoms with Gasteiger partial charge in [-0.05, 0) is 36.2 Å². The number of nitrogens with one attached hydrogen (secondary N) is 1. The first-order chi connectivity index (χ1) is 13.7. The van der Waals surface area contributed by atoms with E-state index in [9.17, 15) is 9.90 Å². The van der Waals surface area contributed by atoms with Crippen LogP contribution in [-0.4, -0.2) is 30.1 Å². The fraction of sp³-hybridized carbons (Fsp3) is 0.208. The van der Waals surface area contributed by atoms with E-state index in [0.717, 1.165) is 11.3 Å². The number of hydrogen-bond donors (Lipinski definition) is 2. The molecule has 0 radical (unpaired) electrons. The van der Waals surface area contributed by atoms with Crippen molar-refractivity contribution in [3.63, 3.8) is 0 Å². The Balaban J connectivity index is 1.52. The van der Waals surface area contributed by atoms with Crippen LogP contribution >= 0.6 is 0 Å². The van der Waals surface area contributed by atoms with Crippen LogP contribution in [0.15, 0.2) is 84.9 Å². The largest absolute Gasteiger partial charge is 0.490 e. The molecule has 3 aromatic rings. The van der Waals surface area contributed by atoms with Crippen LogP contribution in [0.25, 0.3) is 0 Å². The molecule has 0 unspecified atom stereocenters. The van der Waals surface area contributed by atoms with Gasteiger partial charge in [-0.3, -0.25) is 4.79 Å². The molecular formula is C24H25NO3. The first kappa shape index (κ1) is 19.6. The van der Waals surface area contributed by atoms with Crippen LogP contribution < -0.4 is 10.1 Å². The summed E-state index contributed by atoms with van der Waals surface area (Å²) < 4.78 is 5.75. The zero-order valence-corrected chi connectivity index (χ0v) is 15.8. The third-order valence-corrected chi connectivity index (χ3v) is 4.42. The van der Waals surface area contributed by atoms with Crippen molar-refractivity contribution in [1.29, 1.82) is 0 Å². The van der Waals surface area contributed by atoms with Gasteiger partial charge in [0.05, 0.1) is 5.56 Å². The molecule has 0 fully saturated rings. The Hall–Kier alpha value is -3.11. The number of para-hydroxylation sites is 2. The van der Waals surface area contributed by atoms with Gasteiger partial charge < -0.3 is 15.2 Å². The Morgan fingerprint density at radius 2 is 1.54 bits per heavy atom. The molecule has 144 valence electrons. The maximum atomic E-state index is 12.6. The first-order valence-electron chi connectivity index (χ1n) is 9.48. The Morgan fingerprint density at radius 1 is 0.893 bits per heavy atom. The third-order valence-electron chi connectivity index (χ3n) is 4.42. The molecule has 0 aliphatic carbocycles. The van der Waals surface area contributed by atoms with Crippen LogP contribution in [-0.2, 0) is 6.42 Å². The molecule has 3 aromatic carbocycles. The topological polar surface area (TPSA) is 58.6 Å². The lowest BCUT2D eigenvalue weighted by Crippen LogP contribution is -2.26. The highest BCUT2D eigenvalue weighted by atomic mass is 16.5. The normalized spacial score (nSPS) is 11.6. The standard InChI is InChI=1S/C24H25NO3/c26-21(17-25-20-11-5-2-6-12-20)18-28-24-14-8-7-13-22(24)23(27)16-15-19-9-3-1-4-10-19/h1-14,21,25-26H,15-18H2/t21-/m1/s1. The van der Waals surface area contributed by atoms with E-state index in [4.69, 9.17) is 4.74 Å². The Labute approximate surface area is 165 Å². The van der Waals surface area contributed by atoms with E-state index in [1.807, 2.05) is 72.8 Å². The number of benzene rings is 3. The van der Waals surface area contributed by atoms with Gasteiger partial charge in [0.1, 0.15) is 18.5 Å². The number of aliphatic hydroxyl groups is 1. The van der Waals surface area contributed by atoms with Gasteiger partial charge in [0, 0.05) is 18.7 Å². The van der Waals surface area contributed by atoms with Gasteiger partial charge in [-0.2, -0.15) is 0 Å². The van der Waals surface area contributed by atoms with Crippen molar-refractivity contribution < 1.29 is 14.6 Å². The molecule has 0 amide bonds. The van der Waals surface area contributed by atoms with E-state index < -0.39 is 6.10 Å². The maximum absolute atomic E-state index is 12.6. The molecule has 0 spiro atoms. The highest BCUT2D eigenvalue weighted by Crippen LogP contribution is 2.21. The number of Topliss-reactive ketones (excluding diaryl/α,β-unsaturated/α-hetero) is 1. The predicted molar refractivity (Wildman–Crippen MR) is 112 cm³/mol. The molecule has 0 aliphatic heterocycles. The summed E-state index contributed by atoms with van der Waals surface area (Å²) in [5, 5.41) is 13.3. The quantitative estimate of drug-likeness (QED) is 0.517. The monoisotopic (exact) mass is 375 g/mol. The molecule has 2 N–H and O–H groups in total. The molecule has 0 saturated carbocycles. The summed E-state index contributed by atoms with van der Waals surface area (Å²) in [6.07, 6.45) is 0.424. The van der Waals surface area contributed by atoms with E-state index in [-0.39, 0.29) is 12.4 Å². The van der Waals surface area contributed by atoms with E-state index in [2.05, 4.69) is 5.32 Å². The molecule has 0 aromatic heterocycles. The van der Waals surface area contributed by atoms with Crippen LogP contribution in [0.5, 0.6) is 5.75 Å². The highest BCUT2D eigenvalue weighted by molar-refractivity contribution is 5.98. The number of carbonyl (C=O) groups is 1. The fourth-order valence-corrected chi connectivity index (χ4v) is 2.90. The minimum Gasteiger partial charge on any atom is -0.490 e. The van der Waals surface area contributed by atoms with Crippen molar-refractivity contribution in [2.45, 2.75) is 18.9 Å². The zero-order valence-electron chi connectivity index (χ0n) is 15.8. The van der Waals surface area contributed by atoms with Gasteiger partial charge in [-0.25, -0.2) is 0 Å². The SMILES string of the molecule is O=C(CCc1ccccc1)c1ccccc1OC[C@H](O)CNc1ccccc1. The molecular weight excluding hydrogens is 350 g/mol. The van der Waals surface area contributed by atoms with Crippen molar-refractivity contribution in [3.8, 4) is 5.75 Å². The van der Waals surface area contributed by atoms with E-state index in [1.165, 1.54) is 0 Å². The van der Waals surface area contributed by atoms with Crippen LogP contribution in [0.2, 0.25) is 0 Å². The molecule has 3 rings (SSSR count). The van der Waals surface area contributed by atoms with Gasteiger partial charge >= 0.3 is 0 Å². The number of aryl methyl sites for hydroxylation is 1. The summed E-state index contributed by atoms with van der Waals surface area (Å²) in [6, 6.07) is 26.8. The smallest absolute Gasteiger partial charge is 0.166 e. The molecule has 0 saturated heterocycles. The van der Waals surface area contributed by atoms with E-state index in [0.29, 0.717) is 30.7 Å². The van der Waals surface area contributed by atoms with Gasteiger partial charge in [0.2, 0.25) is 0 Å². The van der Waals surface area contributed by atoms with E-state index in [1.54, 1.807) is 12.1 Å².